The molecule has 0 fully saturated rings. The van der Waals surface area contributed by atoms with Crippen LogP contribution in [0.1, 0.15) is 26.2 Å². The molecule has 0 spiro atoms. The van der Waals surface area contributed by atoms with E-state index in [-0.39, 0.29) is 31.2 Å². The molecule has 0 unspecified atom stereocenters. The molecule has 19 heavy (non-hydrogen) atoms. The summed E-state index contributed by atoms with van der Waals surface area (Å²) in [5.41, 5.74) is 0. The molecular weight excluding hydrogens is 252 g/mol. The first-order valence-corrected chi connectivity index (χ1v) is 6.52. The predicted octanol–water partition coefficient (Wildman–Crippen LogP) is 0.968. The highest BCUT2D eigenvalue weighted by molar-refractivity contribution is 5.83. The Morgan fingerprint density at radius 3 is 2.37 bits per heavy atom. The molecule has 0 atom stereocenters. The van der Waals surface area contributed by atoms with Gasteiger partial charge in [-0.25, -0.2) is 0 Å². The average molecular weight is 276 g/mol. The van der Waals surface area contributed by atoms with Crippen molar-refractivity contribution in [3.05, 3.63) is 0 Å². The zero-order valence-corrected chi connectivity index (χ0v) is 11.8. The molecule has 0 saturated heterocycles. The molecule has 0 bridgehead atoms. The first kappa shape index (κ1) is 18.0. The molecule has 0 rings (SSSR count). The fourth-order valence-electron chi connectivity index (χ4n) is 1.24. The summed E-state index contributed by atoms with van der Waals surface area (Å²) >= 11 is 0. The summed E-state index contributed by atoms with van der Waals surface area (Å²) in [7, 11) is 1.62. The van der Waals surface area contributed by atoms with Crippen molar-refractivity contribution in [3.63, 3.8) is 0 Å². The molecule has 0 N–H and O–H groups in total. The Morgan fingerprint density at radius 1 is 0.947 bits per heavy atom. The second kappa shape index (κ2) is 13.5. The Balaban J connectivity index is 3.27. The standard InChI is InChI=1S/C13H24O6/c1-3-19-13(15)6-5-12(14)11-18-8-4-7-17-10-9-16-2/h3-11H2,1-2H3. The van der Waals surface area contributed by atoms with E-state index >= 15 is 0 Å². The minimum Gasteiger partial charge on any atom is -0.466 e. The minimum absolute atomic E-state index is 0.0392. The fourth-order valence-corrected chi connectivity index (χ4v) is 1.24. The number of methoxy groups -OCH3 is 1. The van der Waals surface area contributed by atoms with Gasteiger partial charge in [-0.1, -0.05) is 0 Å². The first-order valence-electron chi connectivity index (χ1n) is 6.52. The van der Waals surface area contributed by atoms with Gasteiger partial charge in [-0.3, -0.25) is 9.59 Å². The first-order chi connectivity index (χ1) is 9.20. The summed E-state index contributed by atoms with van der Waals surface area (Å²) < 4.78 is 20.0. The lowest BCUT2D eigenvalue weighted by Gasteiger charge is -2.05. The smallest absolute Gasteiger partial charge is 0.306 e. The molecule has 0 radical (unpaired) electrons. The normalized spacial score (nSPS) is 10.4. The molecule has 0 aromatic heterocycles. The lowest BCUT2D eigenvalue weighted by atomic mass is 10.2. The fraction of sp³-hybridized carbons (Fsp3) is 0.846. The third-order valence-corrected chi connectivity index (χ3v) is 2.19. The van der Waals surface area contributed by atoms with Crippen molar-refractivity contribution in [2.45, 2.75) is 26.2 Å². The van der Waals surface area contributed by atoms with Crippen molar-refractivity contribution in [1.82, 2.24) is 0 Å². The molecule has 0 aliphatic rings. The summed E-state index contributed by atoms with van der Waals surface area (Å²) in [6.07, 6.45) is 1.02. The Hall–Kier alpha value is -0.980. The van der Waals surface area contributed by atoms with Gasteiger partial charge in [0.25, 0.3) is 0 Å². The Labute approximate surface area is 114 Å². The van der Waals surface area contributed by atoms with Gasteiger partial charge >= 0.3 is 5.97 Å². The van der Waals surface area contributed by atoms with Gasteiger partial charge in [-0.2, -0.15) is 0 Å². The van der Waals surface area contributed by atoms with Gasteiger partial charge in [-0.05, 0) is 13.3 Å². The number of esters is 1. The van der Waals surface area contributed by atoms with E-state index in [9.17, 15) is 9.59 Å². The van der Waals surface area contributed by atoms with Crippen molar-refractivity contribution in [2.24, 2.45) is 0 Å². The van der Waals surface area contributed by atoms with Crippen molar-refractivity contribution < 1.29 is 28.5 Å². The summed E-state index contributed by atoms with van der Waals surface area (Å²) in [6, 6.07) is 0. The third kappa shape index (κ3) is 13.3. The van der Waals surface area contributed by atoms with Crippen molar-refractivity contribution in [3.8, 4) is 0 Å². The maximum absolute atomic E-state index is 11.3. The number of Topliss-reactive ketones (excluding diaryl/α,β-unsaturated/α-hetero) is 1. The molecule has 0 aliphatic carbocycles. The molecule has 6 nitrogen and oxygen atoms in total. The van der Waals surface area contributed by atoms with E-state index in [2.05, 4.69) is 0 Å². The second-order valence-corrected chi connectivity index (χ2v) is 3.86. The van der Waals surface area contributed by atoms with Gasteiger partial charge in [0.05, 0.1) is 26.2 Å². The van der Waals surface area contributed by atoms with Crippen LogP contribution in [0.15, 0.2) is 0 Å². The Kier molecular flexibility index (Phi) is 12.8. The van der Waals surface area contributed by atoms with Crippen LogP contribution < -0.4 is 0 Å². The highest BCUT2D eigenvalue weighted by Gasteiger charge is 2.07. The number of hydrogen-bond donors (Lipinski definition) is 0. The van der Waals surface area contributed by atoms with Crippen LogP contribution in [0.2, 0.25) is 0 Å². The second-order valence-electron chi connectivity index (χ2n) is 3.86. The third-order valence-electron chi connectivity index (χ3n) is 2.19. The van der Waals surface area contributed by atoms with Crippen LogP contribution >= 0.6 is 0 Å². The monoisotopic (exact) mass is 276 g/mol. The molecule has 0 saturated carbocycles. The van der Waals surface area contributed by atoms with Crippen LogP contribution in [0.5, 0.6) is 0 Å². The number of rotatable bonds is 13. The van der Waals surface area contributed by atoms with Crippen LogP contribution in [-0.2, 0) is 28.5 Å². The number of carbonyl (C=O) groups is 2. The number of carbonyl (C=O) groups excluding carboxylic acids is 2. The van der Waals surface area contributed by atoms with Gasteiger partial charge in [0.1, 0.15) is 6.61 Å². The van der Waals surface area contributed by atoms with Crippen LogP contribution in [0.4, 0.5) is 0 Å². The van der Waals surface area contributed by atoms with Gasteiger partial charge in [0, 0.05) is 26.7 Å². The highest BCUT2D eigenvalue weighted by Crippen LogP contribution is 1.96. The molecule has 0 heterocycles. The van der Waals surface area contributed by atoms with Crippen LogP contribution in [0, 0.1) is 0 Å². The van der Waals surface area contributed by atoms with Gasteiger partial charge in [0.2, 0.25) is 0 Å². The Morgan fingerprint density at radius 2 is 1.68 bits per heavy atom. The lowest BCUT2D eigenvalue weighted by Crippen LogP contribution is -2.13. The number of hydrogen-bond acceptors (Lipinski definition) is 6. The summed E-state index contributed by atoms with van der Waals surface area (Å²) in [5.74, 6) is -0.434. The van der Waals surface area contributed by atoms with E-state index in [1.54, 1.807) is 14.0 Å². The highest BCUT2D eigenvalue weighted by atomic mass is 16.5. The van der Waals surface area contributed by atoms with Crippen molar-refractivity contribution in [1.29, 1.82) is 0 Å². The van der Waals surface area contributed by atoms with E-state index in [0.717, 1.165) is 6.42 Å². The van der Waals surface area contributed by atoms with Crippen LogP contribution in [0.25, 0.3) is 0 Å². The zero-order valence-electron chi connectivity index (χ0n) is 11.8. The maximum atomic E-state index is 11.3. The van der Waals surface area contributed by atoms with E-state index in [0.29, 0.717) is 33.0 Å². The van der Waals surface area contributed by atoms with E-state index in [1.807, 2.05) is 0 Å². The number of ether oxygens (including phenoxy) is 4. The van der Waals surface area contributed by atoms with Crippen molar-refractivity contribution >= 4 is 11.8 Å². The van der Waals surface area contributed by atoms with E-state index in [4.69, 9.17) is 18.9 Å². The lowest BCUT2D eigenvalue weighted by molar-refractivity contribution is -0.144. The maximum Gasteiger partial charge on any atom is 0.306 e. The molecule has 0 amide bonds. The topological polar surface area (TPSA) is 71.1 Å². The molecule has 6 heteroatoms. The zero-order chi connectivity index (χ0) is 14.3. The quantitative estimate of drug-likeness (QED) is 0.369. The molecule has 0 aromatic carbocycles. The van der Waals surface area contributed by atoms with Gasteiger partial charge in [0.15, 0.2) is 5.78 Å². The minimum atomic E-state index is -0.345. The van der Waals surface area contributed by atoms with Crippen LogP contribution in [0.3, 0.4) is 0 Å². The number of ketones is 1. The SMILES string of the molecule is CCOC(=O)CCC(=O)COCCCOCCOC. The van der Waals surface area contributed by atoms with Gasteiger partial charge < -0.3 is 18.9 Å². The predicted molar refractivity (Wildman–Crippen MR) is 69.0 cm³/mol. The molecule has 0 aliphatic heterocycles. The molecular formula is C13H24O6. The van der Waals surface area contributed by atoms with Crippen molar-refractivity contribution in [2.75, 3.05) is 46.8 Å². The largest absolute Gasteiger partial charge is 0.466 e. The average Bonchev–Trinajstić information content (AvgIpc) is 2.40. The molecule has 0 aromatic rings. The Bertz CT molecular complexity index is 241. The van der Waals surface area contributed by atoms with E-state index in [1.165, 1.54) is 0 Å². The van der Waals surface area contributed by atoms with Crippen LogP contribution in [-0.4, -0.2) is 58.5 Å². The van der Waals surface area contributed by atoms with E-state index < -0.39 is 0 Å². The summed E-state index contributed by atoms with van der Waals surface area (Å²) in [5, 5.41) is 0. The summed E-state index contributed by atoms with van der Waals surface area (Å²) in [4.78, 5) is 22.4. The van der Waals surface area contributed by atoms with Gasteiger partial charge in [-0.15, -0.1) is 0 Å². The summed E-state index contributed by atoms with van der Waals surface area (Å²) in [6.45, 7) is 4.31. The molecule has 112 valence electrons.